The minimum atomic E-state index is 0.513. The minimum Gasteiger partial charge on any atom is -0.496 e. The minimum absolute atomic E-state index is 0.513. The molecular weight excluding hydrogens is 200 g/mol. The predicted molar refractivity (Wildman–Crippen MR) is 62.1 cm³/mol. The first-order valence-corrected chi connectivity index (χ1v) is 5.59. The quantitative estimate of drug-likeness (QED) is 0.675. The van der Waals surface area contributed by atoms with E-state index in [4.69, 9.17) is 9.15 Å². The van der Waals surface area contributed by atoms with Gasteiger partial charge in [-0.1, -0.05) is 12.2 Å². The number of ether oxygens (including phenoxy) is 1. The third-order valence-corrected chi connectivity index (χ3v) is 3.88. The molecule has 0 N–H and O–H groups in total. The molecule has 2 unspecified atom stereocenters. The molecule has 1 heterocycles. The molecule has 0 radical (unpaired) electrons. The van der Waals surface area contributed by atoms with Gasteiger partial charge in [-0.05, 0) is 19.1 Å². The number of allylic oxidation sites excluding steroid dienone is 2. The first-order valence-electron chi connectivity index (χ1n) is 5.59. The van der Waals surface area contributed by atoms with Crippen molar-refractivity contribution >= 4 is 11.0 Å². The maximum Gasteiger partial charge on any atom is 0.135 e. The first kappa shape index (κ1) is 8.45. The number of hydrogen-bond acceptors (Lipinski definition) is 2. The SMILES string of the molecule is COc1ccc2oc(C)c3c2c1C1C=CC31. The first-order chi connectivity index (χ1) is 7.81. The lowest BCUT2D eigenvalue weighted by Crippen LogP contribution is -2.10. The normalized spacial score (nSPS) is 24.6. The van der Waals surface area contributed by atoms with Gasteiger partial charge in [0.2, 0.25) is 0 Å². The molecule has 2 aromatic rings. The zero-order chi connectivity index (χ0) is 10.9. The van der Waals surface area contributed by atoms with E-state index in [-0.39, 0.29) is 0 Å². The van der Waals surface area contributed by atoms with E-state index in [1.807, 2.05) is 12.1 Å². The highest BCUT2D eigenvalue weighted by Crippen LogP contribution is 2.57. The fourth-order valence-electron chi connectivity index (χ4n) is 3.13. The molecule has 2 atom stereocenters. The molecule has 0 bridgehead atoms. The van der Waals surface area contributed by atoms with Gasteiger partial charge in [0.05, 0.1) is 7.11 Å². The smallest absolute Gasteiger partial charge is 0.135 e. The number of methoxy groups -OCH3 is 1. The van der Waals surface area contributed by atoms with Crippen LogP contribution in [-0.4, -0.2) is 7.11 Å². The molecule has 2 aliphatic carbocycles. The van der Waals surface area contributed by atoms with Gasteiger partial charge in [-0.15, -0.1) is 0 Å². The zero-order valence-corrected chi connectivity index (χ0v) is 9.28. The van der Waals surface area contributed by atoms with Crippen LogP contribution in [0.2, 0.25) is 0 Å². The third kappa shape index (κ3) is 0.733. The molecule has 0 fully saturated rings. The maximum atomic E-state index is 5.79. The van der Waals surface area contributed by atoms with Crippen molar-refractivity contribution in [2.45, 2.75) is 18.8 Å². The van der Waals surface area contributed by atoms with Gasteiger partial charge in [0.25, 0.3) is 0 Å². The Morgan fingerprint density at radius 1 is 1.12 bits per heavy atom. The lowest BCUT2D eigenvalue weighted by atomic mass is 9.80. The van der Waals surface area contributed by atoms with Crippen LogP contribution >= 0.6 is 0 Å². The summed E-state index contributed by atoms with van der Waals surface area (Å²) in [5.41, 5.74) is 3.69. The van der Waals surface area contributed by atoms with Crippen molar-refractivity contribution in [1.29, 1.82) is 0 Å². The van der Waals surface area contributed by atoms with Crippen molar-refractivity contribution in [3.8, 4) is 5.75 Å². The highest BCUT2D eigenvalue weighted by molar-refractivity contribution is 5.93. The van der Waals surface area contributed by atoms with Gasteiger partial charge in [0, 0.05) is 28.3 Å². The Balaban J connectivity index is 2.19. The topological polar surface area (TPSA) is 22.4 Å². The second kappa shape index (κ2) is 2.51. The fourth-order valence-corrected chi connectivity index (χ4v) is 3.13. The summed E-state index contributed by atoms with van der Waals surface area (Å²) >= 11 is 0. The molecule has 0 aliphatic heterocycles. The van der Waals surface area contributed by atoms with Crippen LogP contribution in [0.1, 0.15) is 28.7 Å². The summed E-state index contributed by atoms with van der Waals surface area (Å²) in [4.78, 5) is 0. The van der Waals surface area contributed by atoms with E-state index in [0.29, 0.717) is 11.8 Å². The van der Waals surface area contributed by atoms with E-state index in [1.165, 1.54) is 16.5 Å². The molecule has 0 saturated carbocycles. The molecule has 0 spiro atoms. The van der Waals surface area contributed by atoms with Crippen LogP contribution < -0.4 is 4.74 Å². The summed E-state index contributed by atoms with van der Waals surface area (Å²) in [6, 6.07) is 4.03. The van der Waals surface area contributed by atoms with E-state index in [0.717, 1.165) is 17.1 Å². The zero-order valence-electron chi connectivity index (χ0n) is 9.28. The number of fused-ring (bicyclic) bond motifs is 3. The predicted octanol–water partition coefficient (Wildman–Crippen LogP) is 3.50. The second-order valence-corrected chi connectivity index (χ2v) is 4.56. The summed E-state index contributed by atoms with van der Waals surface area (Å²) in [6.45, 7) is 2.06. The summed E-state index contributed by atoms with van der Waals surface area (Å²) in [6.07, 6.45) is 4.53. The Labute approximate surface area is 93.5 Å². The van der Waals surface area contributed by atoms with Crippen molar-refractivity contribution < 1.29 is 9.15 Å². The average molecular weight is 212 g/mol. The summed E-state index contributed by atoms with van der Waals surface area (Å²) in [5.74, 6) is 3.08. The van der Waals surface area contributed by atoms with E-state index in [2.05, 4.69) is 19.1 Å². The molecule has 4 rings (SSSR count). The Morgan fingerprint density at radius 3 is 2.56 bits per heavy atom. The second-order valence-electron chi connectivity index (χ2n) is 4.56. The molecular formula is C14H12O2. The van der Waals surface area contributed by atoms with Crippen molar-refractivity contribution in [3.05, 3.63) is 41.2 Å². The number of furan rings is 1. The van der Waals surface area contributed by atoms with Crippen LogP contribution in [0.5, 0.6) is 5.75 Å². The van der Waals surface area contributed by atoms with Gasteiger partial charge in [0.1, 0.15) is 17.1 Å². The highest BCUT2D eigenvalue weighted by atomic mass is 16.5. The molecule has 2 aliphatic rings. The van der Waals surface area contributed by atoms with Crippen LogP contribution in [0.25, 0.3) is 11.0 Å². The Kier molecular flexibility index (Phi) is 1.33. The standard InChI is InChI=1S/C14H12O2/c1-7-12-8-3-4-9(8)13-10(15-2)5-6-11(16-7)14(12)13/h3-6,8-9H,1-2H3. The van der Waals surface area contributed by atoms with Gasteiger partial charge in [0.15, 0.2) is 0 Å². The number of rotatable bonds is 1. The van der Waals surface area contributed by atoms with Gasteiger partial charge in [-0.3, -0.25) is 0 Å². The lowest BCUT2D eigenvalue weighted by molar-refractivity contribution is 0.407. The molecule has 1 aromatic heterocycles. The lowest BCUT2D eigenvalue weighted by Gasteiger charge is -2.24. The van der Waals surface area contributed by atoms with Crippen LogP contribution in [0.15, 0.2) is 28.7 Å². The van der Waals surface area contributed by atoms with Gasteiger partial charge in [-0.2, -0.15) is 0 Å². The molecule has 2 nitrogen and oxygen atoms in total. The van der Waals surface area contributed by atoms with E-state index < -0.39 is 0 Å². The van der Waals surface area contributed by atoms with Crippen molar-refractivity contribution in [3.63, 3.8) is 0 Å². The van der Waals surface area contributed by atoms with Crippen LogP contribution in [0.3, 0.4) is 0 Å². The van der Waals surface area contributed by atoms with E-state index in [1.54, 1.807) is 7.11 Å². The fraction of sp³-hybridized carbons (Fsp3) is 0.286. The molecule has 16 heavy (non-hydrogen) atoms. The van der Waals surface area contributed by atoms with Crippen LogP contribution in [0, 0.1) is 6.92 Å². The van der Waals surface area contributed by atoms with Crippen LogP contribution in [0.4, 0.5) is 0 Å². The molecule has 80 valence electrons. The maximum absolute atomic E-state index is 5.79. The molecule has 1 aromatic carbocycles. The summed E-state index contributed by atoms with van der Waals surface area (Å²) in [7, 11) is 1.74. The van der Waals surface area contributed by atoms with Crippen LogP contribution in [-0.2, 0) is 0 Å². The van der Waals surface area contributed by atoms with Crippen molar-refractivity contribution in [2.75, 3.05) is 7.11 Å². The largest absolute Gasteiger partial charge is 0.496 e. The molecule has 2 heteroatoms. The Morgan fingerprint density at radius 2 is 1.88 bits per heavy atom. The van der Waals surface area contributed by atoms with Gasteiger partial charge >= 0.3 is 0 Å². The highest BCUT2D eigenvalue weighted by Gasteiger charge is 2.41. The van der Waals surface area contributed by atoms with E-state index in [9.17, 15) is 0 Å². The third-order valence-electron chi connectivity index (χ3n) is 3.88. The number of aryl methyl sites for hydroxylation is 1. The monoisotopic (exact) mass is 212 g/mol. The summed E-state index contributed by atoms with van der Waals surface area (Å²) < 4.78 is 11.3. The van der Waals surface area contributed by atoms with E-state index >= 15 is 0 Å². The number of hydrogen-bond donors (Lipinski definition) is 0. The summed E-state index contributed by atoms with van der Waals surface area (Å²) in [5, 5.41) is 1.29. The molecule has 0 saturated heterocycles. The van der Waals surface area contributed by atoms with Crippen molar-refractivity contribution in [1.82, 2.24) is 0 Å². The van der Waals surface area contributed by atoms with Crippen molar-refractivity contribution in [2.24, 2.45) is 0 Å². The average Bonchev–Trinajstić information content (AvgIpc) is 2.66. The van der Waals surface area contributed by atoms with Gasteiger partial charge in [-0.25, -0.2) is 0 Å². The van der Waals surface area contributed by atoms with Gasteiger partial charge < -0.3 is 9.15 Å². The Bertz CT molecular complexity index is 634. The molecule has 0 amide bonds. The Hall–Kier alpha value is -1.70. The number of benzene rings is 1.